The zero-order valence-corrected chi connectivity index (χ0v) is 12.4. The summed E-state index contributed by atoms with van der Waals surface area (Å²) >= 11 is 8.32. The highest BCUT2D eigenvalue weighted by atomic mass is 127. The van der Waals surface area contributed by atoms with Crippen LogP contribution in [-0.4, -0.2) is 9.55 Å². The van der Waals surface area contributed by atoms with E-state index in [1.54, 1.807) is 0 Å². The lowest BCUT2D eigenvalue weighted by Crippen LogP contribution is -1.99. The van der Waals surface area contributed by atoms with Gasteiger partial charge in [0.05, 0.1) is 16.9 Å². The topological polar surface area (TPSA) is 17.8 Å². The zero-order chi connectivity index (χ0) is 12.5. The number of halogens is 2. The van der Waals surface area contributed by atoms with Crippen LogP contribution in [-0.2, 0) is 5.88 Å². The molecule has 4 heteroatoms. The molecule has 0 radical (unpaired) electrons. The Hall–Kier alpha value is -1.07. The molecule has 0 aliphatic rings. The zero-order valence-electron chi connectivity index (χ0n) is 9.48. The quantitative estimate of drug-likeness (QED) is 0.485. The first-order valence-electron chi connectivity index (χ1n) is 5.58. The fourth-order valence-electron chi connectivity index (χ4n) is 2.07. The van der Waals surface area contributed by atoms with Crippen molar-refractivity contribution in [3.63, 3.8) is 0 Å². The number of para-hydroxylation sites is 2. The second kappa shape index (κ2) is 4.90. The molecule has 0 amide bonds. The lowest BCUT2D eigenvalue weighted by molar-refractivity contribution is 0.981. The van der Waals surface area contributed by atoms with Gasteiger partial charge in [-0.2, -0.15) is 0 Å². The molecule has 0 aliphatic carbocycles. The van der Waals surface area contributed by atoms with Gasteiger partial charge >= 0.3 is 0 Å². The molecule has 0 saturated carbocycles. The van der Waals surface area contributed by atoms with Crippen LogP contribution in [0, 0.1) is 3.57 Å². The van der Waals surface area contributed by atoms with Crippen molar-refractivity contribution < 1.29 is 0 Å². The van der Waals surface area contributed by atoms with Gasteiger partial charge in [-0.15, -0.1) is 11.6 Å². The van der Waals surface area contributed by atoms with Gasteiger partial charge in [-0.05, 0) is 52.9 Å². The minimum atomic E-state index is 0.403. The van der Waals surface area contributed by atoms with Crippen LogP contribution in [0.4, 0.5) is 0 Å². The number of aromatic nitrogens is 2. The molecular weight excluding hydrogens is 359 g/mol. The highest BCUT2D eigenvalue weighted by molar-refractivity contribution is 14.1. The average molecular weight is 369 g/mol. The molecule has 0 saturated heterocycles. The summed E-state index contributed by atoms with van der Waals surface area (Å²) in [6.45, 7) is 0. The molecule has 3 aromatic rings. The number of rotatable bonds is 2. The van der Waals surface area contributed by atoms with Crippen LogP contribution in [0.3, 0.4) is 0 Å². The minimum absolute atomic E-state index is 0.403. The Morgan fingerprint density at radius 3 is 2.72 bits per heavy atom. The fraction of sp³-hybridized carbons (Fsp3) is 0.0714. The van der Waals surface area contributed by atoms with Crippen LogP contribution in [0.2, 0.25) is 0 Å². The number of hydrogen-bond acceptors (Lipinski definition) is 1. The van der Waals surface area contributed by atoms with E-state index in [2.05, 4.69) is 56.4 Å². The highest BCUT2D eigenvalue weighted by Gasteiger charge is 2.10. The van der Waals surface area contributed by atoms with Crippen LogP contribution in [0.1, 0.15) is 5.82 Å². The molecule has 0 spiro atoms. The van der Waals surface area contributed by atoms with E-state index in [1.807, 2.05) is 24.3 Å². The van der Waals surface area contributed by atoms with Crippen LogP contribution >= 0.6 is 34.2 Å². The van der Waals surface area contributed by atoms with E-state index in [9.17, 15) is 0 Å². The Labute approximate surface area is 124 Å². The number of benzene rings is 2. The summed E-state index contributed by atoms with van der Waals surface area (Å²) in [5.41, 5.74) is 3.17. The Morgan fingerprint density at radius 1 is 1.11 bits per heavy atom. The average Bonchev–Trinajstić information content (AvgIpc) is 2.77. The van der Waals surface area contributed by atoms with Crippen LogP contribution in [0.15, 0.2) is 48.5 Å². The summed E-state index contributed by atoms with van der Waals surface area (Å²) in [4.78, 5) is 4.57. The number of fused-ring (bicyclic) bond motifs is 1. The Morgan fingerprint density at radius 2 is 1.94 bits per heavy atom. The number of imidazole rings is 1. The van der Waals surface area contributed by atoms with Gasteiger partial charge in [0, 0.05) is 9.26 Å². The maximum absolute atomic E-state index is 6.01. The number of nitrogens with zero attached hydrogens (tertiary/aromatic N) is 2. The van der Waals surface area contributed by atoms with Gasteiger partial charge < -0.3 is 0 Å². The first-order valence-corrected chi connectivity index (χ1v) is 7.19. The van der Waals surface area contributed by atoms with Gasteiger partial charge in [0.25, 0.3) is 0 Å². The van der Waals surface area contributed by atoms with Gasteiger partial charge in [-0.3, -0.25) is 4.57 Å². The molecule has 3 rings (SSSR count). The normalized spacial score (nSPS) is 11.0. The van der Waals surface area contributed by atoms with Crippen molar-refractivity contribution >= 4 is 45.2 Å². The van der Waals surface area contributed by atoms with Crippen molar-refractivity contribution in [1.29, 1.82) is 0 Å². The van der Waals surface area contributed by atoms with Gasteiger partial charge in [0.2, 0.25) is 0 Å². The van der Waals surface area contributed by atoms with E-state index in [4.69, 9.17) is 11.6 Å². The van der Waals surface area contributed by atoms with Gasteiger partial charge in [0.15, 0.2) is 0 Å². The smallest absolute Gasteiger partial charge is 0.129 e. The van der Waals surface area contributed by atoms with Crippen molar-refractivity contribution in [3.05, 3.63) is 57.9 Å². The molecule has 0 unspecified atom stereocenters. The Bertz CT molecular complexity index is 706. The first kappa shape index (κ1) is 12.0. The van der Waals surface area contributed by atoms with Gasteiger partial charge in [0.1, 0.15) is 5.82 Å². The Balaban J connectivity index is 2.33. The lowest BCUT2D eigenvalue weighted by Gasteiger charge is -2.08. The van der Waals surface area contributed by atoms with E-state index >= 15 is 0 Å². The van der Waals surface area contributed by atoms with Gasteiger partial charge in [-0.25, -0.2) is 4.98 Å². The van der Waals surface area contributed by atoms with E-state index in [0.717, 1.165) is 22.5 Å². The molecule has 18 heavy (non-hydrogen) atoms. The summed E-state index contributed by atoms with van der Waals surface area (Å²) in [5.74, 6) is 1.28. The summed E-state index contributed by atoms with van der Waals surface area (Å²) in [6, 6.07) is 16.4. The highest BCUT2D eigenvalue weighted by Crippen LogP contribution is 2.23. The maximum atomic E-state index is 6.01. The van der Waals surface area contributed by atoms with Crippen LogP contribution in [0.5, 0.6) is 0 Å². The molecule has 2 aromatic carbocycles. The summed E-state index contributed by atoms with van der Waals surface area (Å²) < 4.78 is 3.31. The molecule has 0 fully saturated rings. The fourth-order valence-corrected chi connectivity index (χ4v) is 2.77. The molecule has 1 aromatic heterocycles. The summed E-state index contributed by atoms with van der Waals surface area (Å²) in [7, 11) is 0. The van der Waals surface area contributed by atoms with E-state index in [-0.39, 0.29) is 0 Å². The molecule has 0 aliphatic heterocycles. The largest absolute Gasteiger partial charge is 0.295 e. The van der Waals surface area contributed by atoms with Crippen molar-refractivity contribution in [1.82, 2.24) is 9.55 Å². The molecule has 2 nitrogen and oxygen atoms in total. The third-order valence-corrected chi connectivity index (χ3v) is 3.73. The lowest BCUT2D eigenvalue weighted by atomic mass is 10.3. The van der Waals surface area contributed by atoms with E-state index in [0.29, 0.717) is 5.88 Å². The maximum Gasteiger partial charge on any atom is 0.129 e. The van der Waals surface area contributed by atoms with Gasteiger partial charge in [-0.1, -0.05) is 18.2 Å². The third kappa shape index (κ3) is 2.01. The molecule has 0 N–H and O–H groups in total. The van der Waals surface area contributed by atoms with Crippen molar-refractivity contribution in [3.8, 4) is 5.69 Å². The summed E-state index contributed by atoms with van der Waals surface area (Å²) in [5, 5.41) is 0. The molecule has 0 atom stereocenters. The molecule has 90 valence electrons. The number of hydrogen-bond donors (Lipinski definition) is 0. The monoisotopic (exact) mass is 368 g/mol. The molecule has 0 bridgehead atoms. The van der Waals surface area contributed by atoms with Crippen LogP contribution < -0.4 is 0 Å². The molecular formula is C14H10ClIN2. The second-order valence-electron chi connectivity index (χ2n) is 3.97. The Kier molecular flexibility index (Phi) is 3.26. The minimum Gasteiger partial charge on any atom is -0.295 e. The van der Waals surface area contributed by atoms with Crippen LogP contribution in [0.25, 0.3) is 16.7 Å². The second-order valence-corrected chi connectivity index (χ2v) is 5.48. The predicted molar refractivity (Wildman–Crippen MR) is 83.3 cm³/mol. The predicted octanol–water partition coefficient (Wildman–Crippen LogP) is 4.37. The van der Waals surface area contributed by atoms with Crippen molar-refractivity contribution in [2.24, 2.45) is 0 Å². The van der Waals surface area contributed by atoms with Crippen molar-refractivity contribution in [2.75, 3.05) is 0 Å². The first-order chi connectivity index (χ1) is 8.79. The van der Waals surface area contributed by atoms with E-state index < -0.39 is 0 Å². The third-order valence-electron chi connectivity index (χ3n) is 2.82. The summed E-state index contributed by atoms with van der Waals surface area (Å²) in [6.07, 6.45) is 0. The number of alkyl halides is 1. The van der Waals surface area contributed by atoms with E-state index in [1.165, 1.54) is 3.57 Å². The SMILES string of the molecule is ClCc1nc2ccccc2n1-c1cccc(I)c1. The standard InChI is InChI=1S/C14H10ClIN2/c15-9-14-17-12-6-1-2-7-13(12)18(14)11-5-3-4-10(16)8-11/h1-8H,9H2. The molecule has 1 heterocycles. The van der Waals surface area contributed by atoms with Crippen molar-refractivity contribution in [2.45, 2.75) is 5.88 Å².